The third-order valence-electron chi connectivity index (χ3n) is 2.42. The van der Waals surface area contributed by atoms with Crippen molar-refractivity contribution in [3.05, 3.63) is 39.2 Å². The Morgan fingerprint density at radius 3 is 2.94 bits per heavy atom. The molecule has 0 bridgehead atoms. The number of aromatic nitrogens is 2. The van der Waals surface area contributed by atoms with E-state index in [0.29, 0.717) is 12.2 Å². The van der Waals surface area contributed by atoms with E-state index in [2.05, 4.69) is 15.9 Å². The van der Waals surface area contributed by atoms with E-state index in [1.54, 1.807) is 16.8 Å². The standard InChI is InChI=1S/C11H11BrN2O2/c1-2-6-13-8-5-3-4-7-14(8)11(16)9(12)10(13)15/h3-5,7H,2,6H2,1H3/p+1. The van der Waals surface area contributed by atoms with Gasteiger partial charge in [-0.2, -0.15) is 8.97 Å². The molecule has 0 amide bonds. The fourth-order valence-corrected chi connectivity index (χ4v) is 2.10. The van der Waals surface area contributed by atoms with Crippen LogP contribution in [0.15, 0.2) is 33.7 Å². The Bertz CT molecular complexity index is 592. The predicted molar refractivity (Wildman–Crippen MR) is 63.5 cm³/mol. The fourth-order valence-electron chi connectivity index (χ4n) is 1.70. The van der Waals surface area contributed by atoms with Crippen LogP contribution in [-0.4, -0.2) is 9.51 Å². The van der Waals surface area contributed by atoms with Crippen LogP contribution in [0.5, 0.6) is 5.88 Å². The van der Waals surface area contributed by atoms with Crippen LogP contribution in [0.25, 0.3) is 5.65 Å². The second-order valence-electron chi connectivity index (χ2n) is 3.52. The molecule has 5 heteroatoms. The first-order valence-corrected chi connectivity index (χ1v) is 5.87. The zero-order chi connectivity index (χ0) is 11.7. The predicted octanol–water partition coefficient (Wildman–Crippen LogP) is 1.47. The second-order valence-corrected chi connectivity index (χ2v) is 4.32. The molecule has 1 N–H and O–H groups in total. The Morgan fingerprint density at radius 2 is 2.25 bits per heavy atom. The van der Waals surface area contributed by atoms with E-state index in [-0.39, 0.29) is 15.9 Å². The number of pyridine rings is 1. The normalized spacial score (nSPS) is 10.9. The van der Waals surface area contributed by atoms with Crippen LogP contribution in [-0.2, 0) is 6.54 Å². The number of hydrogen-bond acceptors (Lipinski definition) is 2. The van der Waals surface area contributed by atoms with Crippen LogP contribution in [0.2, 0.25) is 0 Å². The highest BCUT2D eigenvalue weighted by Gasteiger charge is 2.20. The minimum atomic E-state index is -0.250. The summed E-state index contributed by atoms with van der Waals surface area (Å²) in [6.07, 6.45) is 2.57. The molecular formula is C11H12BrN2O2+. The van der Waals surface area contributed by atoms with Crippen molar-refractivity contribution < 1.29 is 9.67 Å². The SMILES string of the molecule is CCC[n+]1c(O)c(Br)c(=O)n2ccccc21. The lowest BCUT2D eigenvalue weighted by Gasteiger charge is -2.05. The van der Waals surface area contributed by atoms with Gasteiger partial charge < -0.3 is 5.11 Å². The summed E-state index contributed by atoms with van der Waals surface area (Å²) in [6, 6.07) is 5.44. The quantitative estimate of drug-likeness (QED) is 0.849. The molecule has 16 heavy (non-hydrogen) atoms. The molecule has 0 radical (unpaired) electrons. The van der Waals surface area contributed by atoms with Gasteiger partial charge in [-0.15, -0.1) is 0 Å². The molecule has 2 aromatic rings. The van der Waals surface area contributed by atoms with Crippen LogP contribution in [0.4, 0.5) is 0 Å². The van der Waals surface area contributed by atoms with Crippen LogP contribution < -0.4 is 10.1 Å². The Labute approximate surface area is 101 Å². The number of aryl methyl sites for hydroxylation is 1. The molecule has 0 spiro atoms. The van der Waals surface area contributed by atoms with E-state index in [4.69, 9.17) is 0 Å². The van der Waals surface area contributed by atoms with E-state index in [1.165, 1.54) is 4.40 Å². The topological polar surface area (TPSA) is 45.6 Å². The molecule has 2 rings (SSSR count). The van der Waals surface area contributed by atoms with E-state index in [1.807, 2.05) is 19.1 Å². The number of nitrogens with zero attached hydrogens (tertiary/aromatic N) is 2. The Kier molecular flexibility index (Phi) is 2.96. The van der Waals surface area contributed by atoms with Crippen molar-refractivity contribution >= 4 is 21.6 Å². The molecule has 2 heterocycles. The van der Waals surface area contributed by atoms with E-state index in [9.17, 15) is 9.90 Å². The monoisotopic (exact) mass is 283 g/mol. The number of aromatic hydroxyl groups is 1. The van der Waals surface area contributed by atoms with Crippen molar-refractivity contribution in [2.75, 3.05) is 0 Å². The van der Waals surface area contributed by atoms with Crippen molar-refractivity contribution in [3.8, 4) is 5.88 Å². The lowest BCUT2D eigenvalue weighted by atomic mass is 10.4. The van der Waals surface area contributed by atoms with Gasteiger partial charge >= 0.3 is 11.4 Å². The average Bonchev–Trinajstić information content (AvgIpc) is 2.32. The Morgan fingerprint density at radius 1 is 1.50 bits per heavy atom. The highest BCUT2D eigenvalue weighted by Crippen LogP contribution is 2.15. The molecular weight excluding hydrogens is 272 g/mol. The van der Waals surface area contributed by atoms with Gasteiger partial charge in [-0.05, 0) is 28.4 Å². The molecule has 0 atom stereocenters. The van der Waals surface area contributed by atoms with Crippen molar-refractivity contribution in [1.82, 2.24) is 4.40 Å². The fraction of sp³-hybridized carbons (Fsp3) is 0.273. The summed E-state index contributed by atoms with van der Waals surface area (Å²) in [7, 11) is 0. The highest BCUT2D eigenvalue weighted by atomic mass is 79.9. The maximum absolute atomic E-state index is 11.8. The largest absolute Gasteiger partial charge is 0.477 e. The van der Waals surface area contributed by atoms with Crippen LogP contribution in [0, 0.1) is 0 Å². The van der Waals surface area contributed by atoms with E-state index >= 15 is 0 Å². The maximum Gasteiger partial charge on any atom is 0.360 e. The molecule has 0 saturated heterocycles. The van der Waals surface area contributed by atoms with Gasteiger partial charge in [0.05, 0.1) is 12.7 Å². The summed E-state index contributed by atoms with van der Waals surface area (Å²) in [6.45, 7) is 2.68. The zero-order valence-electron chi connectivity index (χ0n) is 8.85. The van der Waals surface area contributed by atoms with Gasteiger partial charge in [-0.1, -0.05) is 13.0 Å². The first-order valence-electron chi connectivity index (χ1n) is 5.08. The first kappa shape index (κ1) is 11.1. The van der Waals surface area contributed by atoms with E-state index < -0.39 is 0 Å². The number of halogens is 1. The van der Waals surface area contributed by atoms with Crippen molar-refractivity contribution in [3.63, 3.8) is 0 Å². The van der Waals surface area contributed by atoms with Gasteiger partial charge in [-0.25, -0.2) is 4.79 Å². The summed E-state index contributed by atoms with van der Waals surface area (Å²) in [5.41, 5.74) is 0.440. The molecule has 0 aliphatic rings. The van der Waals surface area contributed by atoms with Gasteiger partial charge in [0.15, 0.2) is 4.47 Å². The molecule has 0 fully saturated rings. The van der Waals surface area contributed by atoms with Crippen molar-refractivity contribution in [2.45, 2.75) is 19.9 Å². The summed E-state index contributed by atoms with van der Waals surface area (Å²) in [5.74, 6) is -0.0157. The summed E-state index contributed by atoms with van der Waals surface area (Å²) in [4.78, 5) is 11.8. The van der Waals surface area contributed by atoms with Crippen molar-refractivity contribution in [1.29, 1.82) is 0 Å². The summed E-state index contributed by atoms with van der Waals surface area (Å²) in [5, 5.41) is 9.91. The smallest absolute Gasteiger partial charge is 0.360 e. The van der Waals surface area contributed by atoms with Gasteiger partial charge in [0.25, 0.3) is 5.65 Å². The van der Waals surface area contributed by atoms with Crippen LogP contribution in [0.3, 0.4) is 0 Å². The molecule has 84 valence electrons. The van der Waals surface area contributed by atoms with Gasteiger partial charge in [0.1, 0.15) is 0 Å². The van der Waals surface area contributed by atoms with Crippen molar-refractivity contribution in [2.24, 2.45) is 0 Å². The maximum atomic E-state index is 11.8. The minimum Gasteiger partial charge on any atom is -0.477 e. The average molecular weight is 284 g/mol. The van der Waals surface area contributed by atoms with Gasteiger partial charge in [0.2, 0.25) is 0 Å². The molecule has 0 aromatic carbocycles. The minimum absolute atomic E-state index is 0.0157. The van der Waals surface area contributed by atoms with Gasteiger partial charge in [-0.3, -0.25) is 0 Å². The number of rotatable bonds is 2. The molecule has 4 nitrogen and oxygen atoms in total. The Hall–Kier alpha value is -1.36. The Balaban J connectivity index is 2.92. The van der Waals surface area contributed by atoms with Crippen LogP contribution >= 0.6 is 15.9 Å². The van der Waals surface area contributed by atoms with Gasteiger partial charge in [0, 0.05) is 6.07 Å². The third-order valence-corrected chi connectivity index (χ3v) is 3.11. The zero-order valence-corrected chi connectivity index (χ0v) is 10.4. The molecule has 0 unspecified atom stereocenters. The van der Waals surface area contributed by atoms with Crippen LogP contribution in [0.1, 0.15) is 13.3 Å². The number of hydrogen-bond donors (Lipinski definition) is 1. The number of fused-ring (bicyclic) bond motifs is 1. The molecule has 2 aromatic heterocycles. The first-order chi connectivity index (χ1) is 7.66. The molecule has 0 aliphatic carbocycles. The lowest BCUT2D eigenvalue weighted by molar-refractivity contribution is -0.681. The molecule has 0 aliphatic heterocycles. The third kappa shape index (κ3) is 1.61. The second kappa shape index (κ2) is 4.25. The summed E-state index contributed by atoms with van der Waals surface area (Å²) < 4.78 is 3.43. The highest BCUT2D eigenvalue weighted by molar-refractivity contribution is 9.10. The molecule has 0 saturated carbocycles. The lowest BCUT2D eigenvalue weighted by Crippen LogP contribution is -2.40. The van der Waals surface area contributed by atoms with E-state index in [0.717, 1.165) is 6.42 Å². The summed E-state index contributed by atoms with van der Waals surface area (Å²) >= 11 is 3.12.